The van der Waals surface area contributed by atoms with E-state index in [-0.39, 0.29) is 0 Å². The number of nitrogens with one attached hydrogen (secondary N) is 1. The molecule has 0 saturated heterocycles. The summed E-state index contributed by atoms with van der Waals surface area (Å²) in [5.41, 5.74) is 0.904. The first-order valence-corrected chi connectivity index (χ1v) is 8.15. The van der Waals surface area contributed by atoms with Gasteiger partial charge in [0.2, 0.25) is 6.10 Å². The average Bonchev–Trinajstić information content (AvgIpc) is 3.20. The van der Waals surface area contributed by atoms with E-state index < -0.39 is 23.8 Å². The summed E-state index contributed by atoms with van der Waals surface area (Å²) >= 11 is 0. The van der Waals surface area contributed by atoms with E-state index in [1.807, 2.05) is 0 Å². The van der Waals surface area contributed by atoms with Crippen molar-refractivity contribution >= 4 is 23.6 Å². The van der Waals surface area contributed by atoms with Crippen LogP contribution < -0.4 is 5.32 Å². The Morgan fingerprint density at radius 1 is 1.00 bits per heavy atom. The molecule has 1 aromatic heterocycles. The van der Waals surface area contributed by atoms with Gasteiger partial charge in [-0.1, -0.05) is 30.3 Å². The Morgan fingerprint density at radius 3 is 2.41 bits per heavy atom. The Morgan fingerprint density at radius 2 is 1.74 bits per heavy atom. The van der Waals surface area contributed by atoms with Crippen molar-refractivity contribution in [3.63, 3.8) is 0 Å². The van der Waals surface area contributed by atoms with Crippen molar-refractivity contribution in [3.8, 4) is 0 Å². The molecule has 27 heavy (non-hydrogen) atoms. The van der Waals surface area contributed by atoms with Gasteiger partial charge in [-0.2, -0.15) is 0 Å². The molecule has 1 N–H and O–H groups in total. The quantitative estimate of drug-likeness (QED) is 0.521. The van der Waals surface area contributed by atoms with Crippen molar-refractivity contribution < 1.29 is 23.1 Å². The highest BCUT2D eigenvalue weighted by Gasteiger charge is 2.24. The number of rotatable bonds is 6. The van der Waals surface area contributed by atoms with Gasteiger partial charge >= 0.3 is 5.97 Å². The third-order valence-electron chi connectivity index (χ3n) is 3.61. The third-order valence-corrected chi connectivity index (χ3v) is 3.61. The minimum absolute atomic E-state index is 0.393. The molecule has 0 aliphatic heterocycles. The molecule has 136 valence electrons. The molecular weight excluding hydrogens is 349 g/mol. The third kappa shape index (κ3) is 5.15. The van der Waals surface area contributed by atoms with E-state index in [1.54, 1.807) is 42.5 Å². The van der Waals surface area contributed by atoms with Crippen LogP contribution in [0.2, 0.25) is 0 Å². The number of hydrogen-bond donors (Lipinski definition) is 1. The predicted octanol–water partition coefficient (Wildman–Crippen LogP) is 4.36. The molecule has 0 bridgehead atoms. The fourth-order valence-corrected chi connectivity index (χ4v) is 2.33. The summed E-state index contributed by atoms with van der Waals surface area (Å²) in [6.07, 6.45) is 2.95. The molecule has 2 aromatic carbocycles. The molecular formula is C21H16FNO4. The van der Waals surface area contributed by atoms with Gasteiger partial charge in [-0.25, -0.2) is 9.18 Å². The minimum atomic E-state index is -1.16. The molecule has 0 radical (unpaired) electrons. The molecule has 1 amide bonds. The van der Waals surface area contributed by atoms with Gasteiger partial charge in [-0.15, -0.1) is 0 Å². The summed E-state index contributed by atoms with van der Waals surface area (Å²) in [4.78, 5) is 24.8. The van der Waals surface area contributed by atoms with Gasteiger partial charge in [0.25, 0.3) is 5.91 Å². The van der Waals surface area contributed by atoms with Crippen LogP contribution in [0.15, 0.2) is 83.5 Å². The zero-order chi connectivity index (χ0) is 19.1. The second-order valence-electron chi connectivity index (χ2n) is 5.57. The van der Waals surface area contributed by atoms with Crippen LogP contribution in [-0.4, -0.2) is 11.9 Å². The molecule has 0 aliphatic carbocycles. The first-order chi connectivity index (χ1) is 13.1. The van der Waals surface area contributed by atoms with Crippen molar-refractivity contribution in [1.82, 2.24) is 0 Å². The molecule has 0 unspecified atom stereocenters. The van der Waals surface area contributed by atoms with Crippen LogP contribution in [0.25, 0.3) is 6.08 Å². The zero-order valence-corrected chi connectivity index (χ0v) is 14.2. The lowest BCUT2D eigenvalue weighted by atomic mass is 10.1. The molecule has 1 heterocycles. The summed E-state index contributed by atoms with van der Waals surface area (Å²) in [6, 6.07) is 17.3. The minimum Gasteiger partial charge on any atom is -0.465 e. The van der Waals surface area contributed by atoms with Crippen LogP contribution in [0, 0.1) is 5.82 Å². The molecule has 0 fully saturated rings. The maximum Gasteiger partial charge on any atom is 0.332 e. The van der Waals surface area contributed by atoms with Gasteiger partial charge in [0.05, 0.1) is 6.26 Å². The van der Waals surface area contributed by atoms with Crippen molar-refractivity contribution in [3.05, 3.63) is 96.2 Å². The lowest BCUT2D eigenvalue weighted by molar-refractivity contribution is -0.149. The van der Waals surface area contributed by atoms with E-state index in [2.05, 4.69) is 5.32 Å². The summed E-state index contributed by atoms with van der Waals surface area (Å²) in [5.74, 6) is -1.18. The number of halogens is 1. The van der Waals surface area contributed by atoms with Crippen molar-refractivity contribution in [1.29, 1.82) is 0 Å². The Kier molecular flexibility index (Phi) is 5.79. The summed E-state index contributed by atoms with van der Waals surface area (Å²) < 4.78 is 23.5. The van der Waals surface area contributed by atoms with Gasteiger partial charge in [0, 0.05) is 17.3 Å². The number of carbonyl (C=O) groups is 2. The molecule has 1 atom stereocenters. The Labute approximate surface area is 155 Å². The normalized spacial score (nSPS) is 11.9. The van der Waals surface area contributed by atoms with Crippen LogP contribution in [-0.2, 0) is 14.3 Å². The van der Waals surface area contributed by atoms with Crippen LogP contribution >= 0.6 is 0 Å². The number of furan rings is 1. The molecule has 0 saturated carbocycles. The highest BCUT2D eigenvalue weighted by Crippen LogP contribution is 2.21. The van der Waals surface area contributed by atoms with E-state index in [4.69, 9.17) is 9.15 Å². The Hall–Kier alpha value is -3.67. The van der Waals surface area contributed by atoms with Crippen LogP contribution in [0.3, 0.4) is 0 Å². The second-order valence-corrected chi connectivity index (χ2v) is 5.57. The van der Waals surface area contributed by atoms with E-state index in [0.29, 0.717) is 17.0 Å². The number of esters is 1. The van der Waals surface area contributed by atoms with Crippen molar-refractivity contribution in [2.45, 2.75) is 6.10 Å². The largest absolute Gasteiger partial charge is 0.465 e. The van der Waals surface area contributed by atoms with Gasteiger partial charge < -0.3 is 14.5 Å². The predicted molar refractivity (Wildman–Crippen MR) is 98.0 cm³/mol. The molecule has 6 heteroatoms. The fraction of sp³-hybridized carbons (Fsp3) is 0.0476. The number of hydrogen-bond acceptors (Lipinski definition) is 4. The summed E-state index contributed by atoms with van der Waals surface area (Å²) in [7, 11) is 0. The van der Waals surface area contributed by atoms with Crippen LogP contribution in [0.1, 0.15) is 17.4 Å². The standard InChI is InChI=1S/C21H16FNO4/c22-16-8-10-17(11-9-16)23-21(25)20(15-5-2-1-3-6-15)27-19(24)13-12-18-7-4-14-26-18/h1-14,20H,(H,23,25)/b13-12+/t20-/m1/s1. The number of carbonyl (C=O) groups excluding carboxylic acids is 2. The smallest absolute Gasteiger partial charge is 0.332 e. The zero-order valence-electron chi connectivity index (χ0n) is 14.2. The monoisotopic (exact) mass is 365 g/mol. The molecule has 3 aromatic rings. The Balaban J connectivity index is 1.75. The average molecular weight is 365 g/mol. The van der Waals surface area contributed by atoms with Gasteiger partial charge in [0.1, 0.15) is 11.6 Å². The summed E-state index contributed by atoms with van der Waals surface area (Å²) in [5, 5.41) is 2.62. The van der Waals surface area contributed by atoms with E-state index in [1.165, 1.54) is 42.7 Å². The SMILES string of the molecule is O=C(/C=C/c1ccco1)O[C@@H](C(=O)Nc1ccc(F)cc1)c1ccccc1. The molecule has 0 aliphatic rings. The number of anilines is 1. The lowest BCUT2D eigenvalue weighted by Gasteiger charge is -2.17. The van der Waals surface area contributed by atoms with Crippen molar-refractivity contribution in [2.24, 2.45) is 0 Å². The second kappa shape index (κ2) is 8.62. The maximum absolute atomic E-state index is 13.0. The van der Waals surface area contributed by atoms with E-state index >= 15 is 0 Å². The van der Waals surface area contributed by atoms with E-state index in [9.17, 15) is 14.0 Å². The molecule has 0 spiro atoms. The van der Waals surface area contributed by atoms with Gasteiger partial charge in [-0.05, 0) is 42.5 Å². The van der Waals surface area contributed by atoms with Crippen LogP contribution in [0.4, 0.5) is 10.1 Å². The summed E-state index contributed by atoms with van der Waals surface area (Å²) in [6.45, 7) is 0. The number of benzene rings is 2. The molecule has 5 nitrogen and oxygen atoms in total. The van der Waals surface area contributed by atoms with E-state index in [0.717, 1.165) is 0 Å². The Bertz CT molecular complexity index is 919. The number of ether oxygens (including phenoxy) is 1. The molecule has 3 rings (SSSR count). The first kappa shape index (κ1) is 18.1. The highest BCUT2D eigenvalue weighted by atomic mass is 19.1. The fourth-order valence-electron chi connectivity index (χ4n) is 2.33. The topological polar surface area (TPSA) is 68.5 Å². The van der Waals surface area contributed by atoms with Crippen molar-refractivity contribution in [2.75, 3.05) is 5.32 Å². The first-order valence-electron chi connectivity index (χ1n) is 8.15. The van der Waals surface area contributed by atoms with Gasteiger partial charge in [-0.3, -0.25) is 4.79 Å². The van der Waals surface area contributed by atoms with Gasteiger partial charge in [0.15, 0.2) is 0 Å². The lowest BCUT2D eigenvalue weighted by Crippen LogP contribution is -2.25. The highest BCUT2D eigenvalue weighted by molar-refractivity contribution is 5.97. The van der Waals surface area contributed by atoms with Crippen LogP contribution in [0.5, 0.6) is 0 Å². The number of amides is 1. The maximum atomic E-state index is 13.0.